The molecular formula is C12H15F2N2O2S-. The zero-order valence-electron chi connectivity index (χ0n) is 10.4. The highest BCUT2D eigenvalue weighted by Crippen LogP contribution is 2.34. The van der Waals surface area contributed by atoms with Crippen molar-refractivity contribution in [3.05, 3.63) is 35.4 Å². The second-order valence-electron chi connectivity index (χ2n) is 4.59. The van der Waals surface area contributed by atoms with Crippen molar-refractivity contribution in [1.82, 2.24) is 9.62 Å². The minimum absolute atomic E-state index is 0.280. The molecule has 2 rings (SSSR count). The average Bonchev–Trinajstić information content (AvgIpc) is 2.80. The first kappa shape index (κ1) is 14.5. The smallest absolute Gasteiger partial charge is 0.128 e. The van der Waals surface area contributed by atoms with E-state index in [-0.39, 0.29) is 11.6 Å². The lowest BCUT2D eigenvalue weighted by Crippen LogP contribution is -2.43. The van der Waals surface area contributed by atoms with Crippen LogP contribution in [0.2, 0.25) is 0 Å². The normalized spacial score (nSPS) is 23.5. The molecular weight excluding hydrogens is 274 g/mol. The summed E-state index contributed by atoms with van der Waals surface area (Å²) in [5.41, 5.74) is 0.280. The predicted molar refractivity (Wildman–Crippen MR) is 66.6 cm³/mol. The summed E-state index contributed by atoms with van der Waals surface area (Å²) in [5.74, 6) is -0.954. The first-order valence-corrected chi connectivity index (χ1v) is 7.12. The van der Waals surface area contributed by atoms with Crippen LogP contribution in [0.3, 0.4) is 0 Å². The van der Waals surface area contributed by atoms with Crippen molar-refractivity contribution in [1.29, 1.82) is 0 Å². The number of hydrogen-bond acceptors (Lipinski definition) is 3. The van der Waals surface area contributed by atoms with E-state index in [0.717, 1.165) is 18.6 Å². The molecule has 1 aliphatic heterocycles. The largest absolute Gasteiger partial charge is 0.760 e. The fraction of sp³-hybridized carbons (Fsp3) is 0.500. The number of nitrogens with zero attached hydrogens (tertiary/aromatic N) is 1. The number of rotatable bonds is 4. The van der Waals surface area contributed by atoms with E-state index in [4.69, 9.17) is 0 Å². The number of likely N-dealkylation sites (tertiary alicyclic amines) is 1. The zero-order chi connectivity index (χ0) is 14.0. The van der Waals surface area contributed by atoms with Crippen LogP contribution in [0.1, 0.15) is 31.4 Å². The van der Waals surface area contributed by atoms with Crippen molar-refractivity contribution in [3.63, 3.8) is 0 Å². The Morgan fingerprint density at radius 3 is 2.95 bits per heavy atom. The monoisotopic (exact) mass is 289 g/mol. The van der Waals surface area contributed by atoms with Gasteiger partial charge in [0.25, 0.3) is 0 Å². The van der Waals surface area contributed by atoms with Crippen LogP contribution in [0, 0.1) is 11.6 Å². The molecule has 3 atom stereocenters. The van der Waals surface area contributed by atoms with Crippen LogP contribution in [-0.4, -0.2) is 26.4 Å². The summed E-state index contributed by atoms with van der Waals surface area (Å²) in [6.45, 7) is 2.33. The van der Waals surface area contributed by atoms with Gasteiger partial charge in [0, 0.05) is 29.4 Å². The lowest BCUT2D eigenvalue weighted by Gasteiger charge is -2.32. The molecule has 0 saturated carbocycles. The van der Waals surface area contributed by atoms with Crippen molar-refractivity contribution in [2.75, 3.05) is 6.54 Å². The number of nitrogens with one attached hydrogen (secondary N) is 1. The topological polar surface area (TPSA) is 55.4 Å². The van der Waals surface area contributed by atoms with Gasteiger partial charge in [-0.25, -0.2) is 13.5 Å². The van der Waals surface area contributed by atoms with E-state index in [1.807, 2.05) is 4.90 Å². The molecule has 1 N–H and O–H groups in total. The van der Waals surface area contributed by atoms with Crippen molar-refractivity contribution in [2.45, 2.75) is 32.0 Å². The Morgan fingerprint density at radius 1 is 1.53 bits per heavy atom. The molecule has 1 aliphatic rings. The van der Waals surface area contributed by atoms with Crippen molar-refractivity contribution >= 4 is 11.3 Å². The van der Waals surface area contributed by atoms with Crippen LogP contribution in [-0.2, 0) is 11.3 Å². The van der Waals surface area contributed by atoms with Gasteiger partial charge in [-0.05, 0) is 38.0 Å². The van der Waals surface area contributed by atoms with E-state index >= 15 is 0 Å². The molecule has 0 amide bonds. The second-order valence-corrected chi connectivity index (χ2v) is 5.30. The molecule has 1 aromatic carbocycles. The Balaban J connectivity index is 2.22. The molecule has 4 nitrogen and oxygen atoms in total. The van der Waals surface area contributed by atoms with E-state index in [1.165, 1.54) is 6.07 Å². The van der Waals surface area contributed by atoms with Crippen LogP contribution in [0.15, 0.2) is 18.2 Å². The maximum atomic E-state index is 13.8. The summed E-state index contributed by atoms with van der Waals surface area (Å²) in [5, 5.41) is 0. The van der Waals surface area contributed by atoms with Gasteiger partial charge in [-0.3, -0.25) is 9.11 Å². The first-order valence-electron chi connectivity index (χ1n) is 6.05. The Hall–Kier alpha value is -0.890. The van der Waals surface area contributed by atoms with Crippen molar-refractivity contribution < 1.29 is 17.5 Å². The molecule has 1 aromatic rings. The van der Waals surface area contributed by atoms with E-state index < -0.39 is 29.1 Å². The molecule has 7 heteroatoms. The van der Waals surface area contributed by atoms with Gasteiger partial charge in [0.05, 0.1) is 6.17 Å². The number of hydrogen-bond donors (Lipinski definition) is 1. The third-order valence-corrected chi connectivity index (χ3v) is 3.91. The first-order chi connectivity index (χ1) is 8.99. The standard InChI is InChI=1S/C12H16F2N2O2S/c1-8(15-19(17)18)16-6-2-3-12(16)10-7-9(13)4-5-11(10)14/h4-5,7-8,12,15H,2-3,6H2,1H3,(H,17,18)/p-1/t8?,12-/m1/s1. The summed E-state index contributed by atoms with van der Waals surface area (Å²) in [7, 11) is 0. The van der Waals surface area contributed by atoms with Gasteiger partial charge in [0.2, 0.25) is 0 Å². The summed E-state index contributed by atoms with van der Waals surface area (Å²) in [4.78, 5) is 1.83. The van der Waals surface area contributed by atoms with Crippen LogP contribution >= 0.6 is 0 Å². The van der Waals surface area contributed by atoms with Gasteiger partial charge in [0.15, 0.2) is 0 Å². The number of halogens is 2. The zero-order valence-corrected chi connectivity index (χ0v) is 11.3. The maximum absolute atomic E-state index is 13.8. The minimum Gasteiger partial charge on any atom is -0.760 e. The Bertz CT molecular complexity index is 487. The van der Waals surface area contributed by atoms with Crippen LogP contribution in [0.25, 0.3) is 0 Å². The molecule has 0 aliphatic carbocycles. The van der Waals surface area contributed by atoms with Gasteiger partial charge in [-0.2, -0.15) is 0 Å². The van der Waals surface area contributed by atoms with Gasteiger partial charge in [0.1, 0.15) is 11.6 Å². The molecule has 0 spiro atoms. The predicted octanol–water partition coefficient (Wildman–Crippen LogP) is 1.83. The molecule has 0 bridgehead atoms. The molecule has 2 unspecified atom stereocenters. The molecule has 1 saturated heterocycles. The third kappa shape index (κ3) is 3.36. The second kappa shape index (κ2) is 6.04. The lowest BCUT2D eigenvalue weighted by atomic mass is 10.0. The fourth-order valence-electron chi connectivity index (χ4n) is 2.56. The van der Waals surface area contributed by atoms with Crippen LogP contribution < -0.4 is 4.72 Å². The van der Waals surface area contributed by atoms with Crippen LogP contribution in [0.4, 0.5) is 8.78 Å². The molecule has 1 fully saturated rings. The highest BCUT2D eigenvalue weighted by molar-refractivity contribution is 7.77. The average molecular weight is 289 g/mol. The quantitative estimate of drug-likeness (QED) is 0.860. The van der Waals surface area contributed by atoms with Crippen molar-refractivity contribution in [3.8, 4) is 0 Å². The Kier molecular flexibility index (Phi) is 4.62. The third-order valence-electron chi connectivity index (χ3n) is 3.38. The van der Waals surface area contributed by atoms with Crippen LogP contribution in [0.5, 0.6) is 0 Å². The molecule has 0 aromatic heterocycles. The SMILES string of the molecule is CC(NS(=O)[O-])N1CCC[C@@H]1c1cc(F)ccc1F. The Morgan fingerprint density at radius 2 is 2.26 bits per heavy atom. The van der Waals surface area contributed by atoms with E-state index in [2.05, 4.69) is 4.72 Å². The maximum Gasteiger partial charge on any atom is 0.128 e. The highest BCUT2D eigenvalue weighted by atomic mass is 32.2. The van der Waals surface area contributed by atoms with E-state index in [1.54, 1.807) is 6.92 Å². The highest BCUT2D eigenvalue weighted by Gasteiger charge is 2.31. The summed E-state index contributed by atoms with van der Waals surface area (Å²) < 4.78 is 50.7. The van der Waals surface area contributed by atoms with Gasteiger partial charge >= 0.3 is 0 Å². The molecule has 1 heterocycles. The summed E-state index contributed by atoms with van der Waals surface area (Å²) >= 11 is -2.38. The number of benzene rings is 1. The van der Waals surface area contributed by atoms with E-state index in [9.17, 15) is 17.5 Å². The lowest BCUT2D eigenvalue weighted by molar-refractivity contribution is 0.179. The Labute approximate surface area is 113 Å². The van der Waals surface area contributed by atoms with Gasteiger partial charge in [-0.1, -0.05) is 0 Å². The molecule has 19 heavy (non-hydrogen) atoms. The molecule has 0 radical (unpaired) electrons. The van der Waals surface area contributed by atoms with Gasteiger partial charge in [-0.15, -0.1) is 0 Å². The van der Waals surface area contributed by atoms with Crippen molar-refractivity contribution in [2.24, 2.45) is 0 Å². The molecule has 106 valence electrons. The van der Waals surface area contributed by atoms with E-state index in [0.29, 0.717) is 13.0 Å². The fourth-order valence-corrected chi connectivity index (χ4v) is 2.98. The van der Waals surface area contributed by atoms with Gasteiger partial charge < -0.3 is 4.55 Å². The minimum atomic E-state index is -2.38. The summed E-state index contributed by atoms with van der Waals surface area (Å²) in [6, 6.07) is 3.05. The summed E-state index contributed by atoms with van der Waals surface area (Å²) in [6.07, 6.45) is 1.05.